The minimum atomic E-state index is -0.462. The van der Waals surface area contributed by atoms with Crippen LogP contribution < -0.4 is 5.32 Å². The fraction of sp³-hybridized carbons (Fsp3) is 0.407. The highest BCUT2D eigenvalue weighted by molar-refractivity contribution is 5.95. The van der Waals surface area contributed by atoms with Crippen LogP contribution in [-0.4, -0.2) is 50.4 Å². The maximum absolute atomic E-state index is 13.1. The molecule has 2 aromatic carbocycles. The first-order valence-corrected chi connectivity index (χ1v) is 12.1. The molecule has 3 heterocycles. The summed E-state index contributed by atoms with van der Waals surface area (Å²) in [5.41, 5.74) is 4.70. The highest BCUT2D eigenvalue weighted by atomic mass is 16.5. The van der Waals surface area contributed by atoms with Gasteiger partial charge >= 0.3 is 0 Å². The van der Waals surface area contributed by atoms with Crippen LogP contribution in [0.1, 0.15) is 69.4 Å². The van der Waals surface area contributed by atoms with E-state index in [0.29, 0.717) is 49.0 Å². The monoisotopic (exact) mass is 473 g/mol. The molecule has 1 aromatic heterocycles. The van der Waals surface area contributed by atoms with Crippen LogP contribution in [0.25, 0.3) is 0 Å². The van der Waals surface area contributed by atoms with E-state index in [2.05, 4.69) is 29.5 Å². The number of nitrogens with zero attached hydrogens (tertiary/aromatic N) is 4. The van der Waals surface area contributed by atoms with Gasteiger partial charge in [0.25, 0.3) is 11.8 Å². The molecule has 3 aromatic rings. The average Bonchev–Trinajstić information content (AvgIpc) is 3.46. The van der Waals surface area contributed by atoms with Crippen molar-refractivity contribution in [1.29, 1.82) is 0 Å². The largest absolute Gasteiger partial charge is 0.365 e. The number of hydrogen-bond acceptors (Lipinski definition) is 5. The van der Waals surface area contributed by atoms with Gasteiger partial charge in [0.15, 0.2) is 0 Å². The van der Waals surface area contributed by atoms with Gasteiger partial charge < -0.3 is 15.0 Å². The van der Waals surface area contributed by atoms with Gasteiger partial charge in [-0.1, -0.05) is 48.9 Å². The highest BCUT2D eigenvalue weighted by Crippen LogP contribution is 2.33. The van der Waals surface area contributed by atoms with E-state index in [1.807, 2.05) is 59.0 Å². The SMILES string of the molecule is Cc1cccc(C(=O)NCc2nnn3c2COC2(CCN(C(=O)c4ccc(C(C)C)cc4)C2)C3)c1. The van der Waals surface area contributed by atoms with Crippen LogP contribution >= 0.6 is 0 Å². The molecule has 1 unspecified atom stereocenters. The molecular weight excluding hydrogens is 442 g/mol. The Morgan fingerprint density at radius 1 is 1.11 bits per heavy atom. The molecule has 0 radical (unpaired) electrons. The van der Waals surface area contributed by atoms with Crippen LogP contribution in [0.5, 0.6) is 0 Å². The van der Waals surface area contributed by atoms with Crippen molar-refractivity contribution in [3.05, 3.63) is 82.2 Å². The molecule has 2 aliphatic heterocycles. The van der Waals surface area contributed by atoms with Crippen molar-refractivity contribution in [3.8, 4) is 0 Å². The Labute approximate surface area is 205 Å². The minimum absolute atomic E-state index is 0.0321. The number of hydrogen-bond donors (Lipinski definition) is 1. The van der Waals surface area contributed by atoms with E-state index in [4.69, 9.17) is 4.74 Å². The van der Waals surface area contributed by atoms with Gasteiger partial charge in [-0.05, 0) is 49.1 Å². The Morgan fingerprint density at radius 2 is 1.91 bits per heavy atom. The summed E-state index contributed by atoms with van der Waals surface area (Å²) < 4.78 is 8.18. The number of aryl methyl sites for hydroxylation is 1. The van der Waals surface area contributed by atoms with Gasteiger partial charge in [-0.2, -0.15) is 0 Å². The third-order valence-electron chi connectivity index (χ3n) is 7.00. The first-order chi connectivity index (χ1) is 16.8. The molecule has 35 heavy (non-hydrogen) atoms. The normalized spacial score (nSPS) is 19.3. The van der Waals surface area contributed by atoms with Crippen LogP contribution in [-0.2, 0) is 24.4 Å². The van der Waals surface area contributed by atoms with Crippen LogP contribution in [0.15, 0.2) is 48.5 Å². The van der Waals surface area contributed by atoms with Gasteiger partial charge in [0.05, 0.1) is 31.9 Å². The number of aromatic nitrogens is 3. The van der Waals surface area contributed by atoms with Gasteiger partial charge in [-0.25, -0.2) is 4.68 Å². The van der Waals surface area contributed by atoms with Gasteiger partial charge in [0.2, 0.25) is 0 Å². The van der Waals surface area contributed by atoms with E-state index in [0.717, 1.165) is 17.7 Å². The highest BCUT2D eigenvalue weighted by Gasteiger charge is 2.45. The fourth-order valence-electron chi connectivity index (χ4n) is 4.84. The molecule has 0 saturated carbocycles. The van der Waals surface area contributed by atoms with Crippen LogP contribution in [0.2, 0.25) is 0 Å². The van der Waals surface area contributed by atoms with Gasteiger partial charge in [0.1, 0.15) is 11.3 Å². The molecular formula is C27H31N5O3. The lowest BCUT2D eigenvalue weighted by Crippen LogP contribution is -2.45. The van der Waals surface area contributed by atoms with E-state index in [1.165, 1.54) is 5.56 Å². The number of nitrogens with one attached hydrogen (secondary N) is 1. The summed E-state index contributed by atoms with van der Waals surface area (Å²) >= 11 is 0. The van der Waals surface area contributed by atoms with Crippen LogP contribution in [0.4, 0.5) is 0 Å². The Morgan fingerprint density at radius 3 is 2.66 bits per heavy atom. The molecule has 8 heteroatoms. The number of benzene rings is 2. The van der Waals surface area contributed by atoms with Crippen molar-refractivity contribution in [2.75, 3.05) is 13.1 Å². The maximum atomic E-state index is 13.1. The predicted molar refractivity (Wildman–Crippen MR) is 131 cm³/mol. The van der Waals surface area contributed by atoms with Crippen molar-refractivity contribution in [3.63, 3.8) is 0 Å². The van der Waals surface area contributed by atoms with E-state index < -0.39 is 5.60 Å². The molecule has 182 valence electrons. The molecule has 8 nitrogen and oxygen atoms in total. The summed E-state index contributed by atoms with van der Waals surface area (Å²) in [7, 11) is 0. The first kappa shape index (κ1) is 23.2. The van der Waals surface area contributed by atoms with Gasteiger partial charge in [-0.3, -0.25) is 9.59 Å². The molecule has 1 fully saturated rings. The molecule has 2 aliphatic rings. The lowest BCUT2D eigenvalue weighted by Gasteiger charge is -2.34. The van der Waals surface area contributed by atoms with Gasteiger partial charge in [-0.15, -0.1) is 5.10 Å². The third kappa shape index (κ3) is 4.71. The van der Waals surface area contributed by atoms with Crippen LogP contribution in [0.3, 0.4) is 0 Å². The number of carbonyl (C=O) groups excluding carboxylic acids is 2. The lowest BCUT2D eigenvalue weighted by molar-refractivity contribution is -0.0828. The Bertz CT molecular complexity index is 1250. The van der Waals surface area contributed by atoms with Crippen molar-refractivity contribution in [2.45, 2.75) is 58.4 Å². The number of likely N-dealkylation sites (tertiary alicyclic amines) is 1. The second-order valence-corrected chi connectivity index (χ2v) is 9.92. The summed E-state index contributed by atoms with van der Waals surface area (Å²) in [6, 6.07) is 15.4. The van der Waals surface area contributed by atoms with Crippen molar-refractivity contribution >= 4 is 11.8 Å². The summed E-state index contributed by atoms with van der Waals surface area (Å²) in [5, 5.41) is 11.6. The predicted octanol–water partition coefficient (Wildman–Crippen LogP) is 3.46. The van der Waals surface area contributed by atoms with Gasteiger partial charge in [0, 0.05) is 17.7 Å². The number of carbonyl (C=O) groups is 2. The zero-order valence-electron chi connectivity index (χ0n) is 20.5. The molecule has 0 bridgehead atoms. The second kappa shape index (κ2) is 9.26. The van der Waals surface area contributed by atoms with Crippen LogP contribution in [0, 0.1) is 6.92 Å². The smallest absolute Gasteiger partial charge is 0.253 e. The Balaban J connectivity index is 1.21. The summed E-state index contributed by atoms with van der Waals surface area (Å²) in [6.45, 7) is 8.59. The lowest BCUT2D eigenvalue weighted by atomic mass is 10.0. The second-order valence-electron chi connectivity index (χ2n) is 9.92. The average molecular weight is 474 g/mol. The summed E-state index contributed by atoms with van der Waals surface area (Å²) in [6.07, 6.45) is 0.752. The third-order valence-corrected chi connectivity index (χ3v) is 7.00. The zero-order valence-corrected chi connectivity index (χ0v) is 20.5. The summed E-state index contributed by atoms with van der Waals surface area (Å²) in [4.78, 5) is 27.5. The molecule has 1 saturated heterocycles. The summed E-state index contributed by atoms with van der Waals surface area (Å²) in [5.74, 6) is 0.321. The fourth-order valence-corrected chi connectivity index (χ4v) is 4.84. The molecule has 0 aliphatic carbocycles. The number of rotatable bonds is 5. The number of ether oxygens (including phenoxy) is 1. The number of fused-ring (bicyclic) bond motifs is 1. The van der Waals surface area contributed by atoms with E-state index in [1.54, 1.807) is 6.07 Å². The first-order valence-electron chi connectivity index (χ1n) is 12.1. The minimum Gasteiger partial charge on any atom is -0.365 e. The van der Waals surface area contributed by atoms with Crippen molar-refractivity contribution in [1.82, 2.24) is 25.2 Å². The Kier molecular flexibility index (Phi) is 6.15. The molecule has 1 atom stereocenters. The van der Waals surface area contributed by atoms with E-state index in [9.17, 15) is 9.59 Å². The van der Waals surface area contributed by atoms with Crippen molar-refractivity contribution < 1.29 is 14.3 Å². The zero-order chi connectivity index (χ0) is 24.6. The van der Waals surface area contributed by atoms with E-state index >= 15 is 0 Å². The quantitative estimate of drug-likeness (QED) is 0.613. The molecule has 1 spiro atoms. The topological polar surface area (TPSA) is 89.3 Å². The number of amides is 2. The molecule has 1 N–H and O–H groups in total. The maximum Gasteiger partial charge on any atom is 0.253 e. The van der Waals surface area contributed by atoms with Crippen molar-refractivity contribution in [2.24, 2.45) is 0 Å². The van der Waals surface area contributed by atoms with E-state index in [-0.39, 0.29) is 18.4 Å². The standard InChI is InChI=1S/C27H31N5O3/c1-18(2)20-7-9-21(10-8-20)26(34)31-12-11-27(16-31)17-32-24(15-35-27)23(29-30-32)14-28-25(33)22-6-4-5-19(3)13-22/h4-10,13,18H,11-12,14-17H2,1-3H3,(H,28,33). The Hall–Kier alpha value is -3.52. The molecule has 2 amide bonds. The molecule has 5 rings (SSSR count).